The first-order valence-electron chi connectivity index (χ1n) is 5.26. The van der Waals surface area contributed by atoms with Crippen molar-refractivity contribution in [1.29, 1.82) is 5.26 Å². The van der Waals surface area contributed by atoms with Crippen LogP contribution in [-0.2, 0) is 0 Å². The number of aromatic nitrogens is 1. The van der Waals surface area contributed by atoms with Crippen LogP contribution in [0.3, 0.4) is 0 Å². The maximum atomic E-state index is 9.05. The van der Waals surface area contributed by atoms with Crippen molar-refractivity contribution < 1.29 is 0 Å². The molecule has 0 atom stereocenters. The summed E-state index contributed by atoms with van der Waals surface area (Å²) in [5.74, 6) is 0.586. The first-order valence-corrected chi connectivity index (χ1v) is 6.87. The molecule has 0 aliphatic heterocycles. The normalized spacial score (nSPS) is 9.89. The second-order valence-corrected chi connectivity index (χ2v) is 5.50. The molecule has 18 heavy (non-hydrogen) atoms. The molecule has 92 valence electrons. The standard InChI is InChI=1S/C12H11BrN4S/c1-7-3-4-8(5-9(7)13)16-11-10(6-14)18-12(15-2)17-11/h3-5,16H,1-2H3,(H,15,17). The Labute approximate surface area is 118 Å². The summed E-state index contributed by atoms with van der Waals surface area (Å²) in [6.07, 6.45) is 0. The Bertz CT molecular complexity index is 615. The zero-order valence-electron chi connectivity index (χ0n) is 9.91. The molecule has 4 nitrogen and oxygen atoms in total. The van der Waals surface area contributed by atoms with Crippen molar-refractivity contribution in [3.63, 3.8) is 0 Å². The second-order valence-electron chi connectivity index (χ2n) is 3.65. The number of rotatable bonds is 3. The number of halogens is 1. The van der Waals surface area contributed by atoms with Crippen LogP contribution >= 0.6 is 27.3 Å². The average molecular weight is 323 g/mol. The summed E-state index contributed by atoms with van der Waals surface area (Å²) in [6, 6.07) is 8.07. The van der Waals surface area contributed by atoms with Crippen molar-refractivity contribution in [1.82, 2.24) is 4.98 Å². The van der Waals surface area contributed by atoms with Crippen LogP contribution < -0.4 is 10.6 Å². The molecule has 2 rings (SSSR count). The number of hydrogen-bond donors (Lipinski definition) is 2. The van der Waals surface area contributed by atoms with Crippen molar-refractivity contribution in [2.45, 2.75) is 6.92 Å². The predicted octanol–water partition coefficient (Wildman–Crippen LogP) is 3.87. The lowest BCUT2D eigenvalue weighted by atomic mass is 10.2. The molecule has 0 amide bonds. The van der Waals surface area contributed by atoms with Gasteiger partial charge in [-0.05, 0) is 24.6 Å². The highest BCUT2D eigenvalue weighted by atomic mass is 79.9. The van der Waals surface area contributed by atoms with E-state index in [9.17, 15) is 0 Å². The lowest BCUT2D eigenvalue weighted by Gasteiger charge is -2.05. The third-order valence-electron chi connectivity index (χ3n) is 2.38. The number of benzene rings is 1. The van der Waals surface area contributed by atoms with Gasteiger partial charge in [0.25, 0.3) is 0 Å². The molecule has 1 aromatic heterocycles. The van der Waals surface area contributed by atoms with Crippen LogP contribution in [0, 0.1) is 18.3 Å². The monoisotopic (exact) mass is 322 g/mol. The third kappa shape index (κ3) is 2.63. The molecule has 1 heterocycles. The van der Waals surface area contributed by atoms with Crippen LogP contribution in [0.15, 0.2) is 22.7 Å². The SMILES string of the molecule is CNc1nc(Nc2ccc(C)c(Br)c2)c(C#N)s1. The van der Waals surface area contributed by atoms with E-state index in [1.54, 1.807) is 7.05 Å². The fourth-order valence-electron chi connectivity index (χ4n) is 1.39. The van der Waals surface area contributed by atoms with Gasteiger partial charge >= 0.3 is 0 Å². The van der Waals surface area contributed by atoms with E-state index < -0.39 is 0 Å². The number of thiazole rings is 1. The molecule has 0 fully saturated rings. The topological polar surface area (TPSA) is 60.7 Å². The average Bonchev–Trinajstić information content (AvgIpc) is 2.76. The van der Waals surface area contributed by atoms with E-state index in [-0.39, 0.29) is 0 Å². The van der Waals surface area contributed by atoms with Crippen molar-refractivity contribution in [2.75, 3.05) is 17.7 Å². The molecule has 0 unspecified atom stereocenters. The Balaban J connectivity index is 2.30. The van der Waals surface area contributed by atoms with Gasteiger partial charge in [-0.2, -0.15) is 5.26 Å². The zero-order valence-corrected chi connectivity index (χ0v) is 12.3. The summed E-state index contributed by atoms with van der Waals surface area (Å²) in [6.45, 7) is 2.02. The van der Waals surface area contributed by atoms with Crippen LogP contribution in [0.4, 0.5) is 16.6 Å². The molecule has 2 aromatic rings. The van der Waals surface area contributed by atoms with Gasteiger partial charge in [0, 0.05) is 17.2 Å². The lowest BCUT2D eigenvalue weighted by Crippen LogP contribution is -1.94. The summed E-state index contributed by atoms with van der Waals surface area (Å²) in [5, 5.41) is 15.9. The summed E-state index contributed by atoms with van der Waals surface area (Å²) in [5.41, 5.74) is 2.06. The minimum Gasteiger partial charge on any atom is -0.364 e. The number of aryl methyl sites for hydroxylation is 1. The Hall–Kier alpha value is -1.58. The Morgan fingerprint density at radius 1 is 1.44 bits per heavy atom. The van der Waals surface area contributed by atoms with E-state index >= 15 is 0 Å². The zero-order chi connectivity index (χ0) is 13.1. The molecular formula is C12H11BrN4S. The van der Waals surface area contributed by atoms with Gasteiger partial charge in [0.05, 0.1) is 0 Å². The molecule has 2 N–H and O–H groups in total. The van der Waals surface area contributed by atoms with Crippen molar-refractivity contribution >= 4 is 43.9 Å². The van der Waals surface area contributed by atoms with Crippen molar-refractivity contribution in [3.05, 3.63) is 33.1 Å². The summed E-state index contributed by atoms with van der Waals surface area (Å²) >= 11 is 4.81. The quantitative estimate of drug-likeness (QED) is 0.900. The first-order chi connectivity index (χ1) is 8.63. The first kappa shape index (κ1) is 12.9. The third-order valence-corrected chi connectivity index (χ3v) is 4.21. The smallest absolute Gasteiger partial charge is 0.185 e. The van der Waals surface area contributed by atoms with Gasteiger partial charge in [-0.25, -0.2) is 4.98 Å². The summed E-state index contributed by atoms with van der Waals surface area (Å²) in [7, 11) is 1.78. The van der Waals surface area contributed by atoms with Crippen LogP contribution in [0.2, 0.25) is 0 Å². The van der Waals surface area contributed by atoms with Gasteiger partial charge < -0.3 is 10.6 Å². The maximum absolute atomic E-state index is 9.05. The minimum absolute atomic E-state index is 0.566. The molecule has 0 bridgehead atoms. The predicted molar refractivity (Wildman–Crippen MR) is 78.5 cm³/mol. The second kappa shape index (κ2) is 5.38. The molecule has 1 aromatic carbocycles. The fourth-order valence-corrected chi connectivity index (χ4v) is 2.45. The Kier molecular flexibility index (Phi) is 3.84. The van der Waals surface area contributed by atoms with Gasteiger partial charge in [-0.3, -0.25) is 0 Å². The number of hydrogen-bond acceptors (Lipinski definition) is 5. The summed E-state index contributed by atoms with van der Waals surface area (Å²) in [4.78, 5) is 4.87. The maximum Gasteiger partial charge on any atom is 0.185 e. The highest BCUT2D eigenvalue weighted by Crippen LogP contribution is 2.29. The van der Waals surface area contributed by atoms with Crippen LogP contribution in [0.1, 0.15) is 10.4 Å². The molecular weight excluding hydrogens is 312 g/mol. The van der Waals surface area contributed by atoms with Gasteiger partial charge in [-0.15, -0.1) is 0 Å². The van der Waals surface area contributed by atoms with Gasteiger partial charge in [-0.1, -0.05) is 33.3 Å². The Morgan fingerprint density at radius 2 is 2.22 bits per heavy atom. The van der Waals surface area contributed by atoms with Crippen molar-refractivity contribution in [2.24, 2.45) is 0 Å². The number of nitrogens with zero attached hydrogens (tertiary/aromatic N) is 2. The number of nitriles is 1. The molecule has 0 saturated carbocycles. The largest absolute Gasteiger partial charge is 0.364 e. The van der Waals surface area contributed by atoms with Crippen LogP contribution in [0.5, 0.6) is 0 Å². The van der Waals surface area contributed by atoms with E-state index in [1.807, 2.05) is 25.1 Å². The molecule has 0 radical (unpaired) electrons. The Morgan fingerprint density at radius 3 is 2.83 bits per heavy atom. The molecule has 0 spiro atoms. The molecule has 0 aliphatic carbocycles. The van der Waals surface area contributed by atoms with Gasteiger partial charge in [0.2, 0.25) is 0 Å². The van der Waals surface area contributed by atoms with E-state index in [2.05, 4.69) is 37.6 Å². The molecule has 0 saturated heterocycles. The fraction of sp³-hybridized carbons (Fsp3) is 0.167. The minimum atomic E-state index is 0.566. The van der Waals surface area contributed by atoms with Crippen LogP contribution in [-0.4, -0.2) is 12.0 Å². The molecule has 6 heteroatoms. The van der Waals surface area contributed by atoms with E-state index in [0.717, 1.165) is 20.9 Å². The molecule has 0 aliphatic rings. The van der Waals surface area contributed by atoms with Gasteiger partial charge in [0.15, 0.2) is 15.8 Å². The van der Waals surface area contributed by atoms with E-state index in [0.29, 0.717) is 10.7 Å². The number of nitrogens with one attached hydrogen (secondary N) is 2. The van der Waals surface area contributed by atoms with Crippen LogP contribution in [0.25, 0.3) is 0 Å². The van der Waals surface area contributed by atoms with E-state index in [4.69, 9.17) is 5.26 Å². The highest BCUT2D eigenvalue weighted by molar-refractivity contribution is 9.10. The van der Waals surface area contributed by atoms with E-state index in [1.165, 1.54) is 11.3 Å². The van der Waals surface area contributed by atoms with Crippen molar-refractivity contribution in [3.8, 4) is 6.07 Å². The lowest BCUT2D eigenvalue weighted by molar-refractivity contribution is 1.33. The summed E-state index contributed by atoms with van der Waals surface area (Å²) < 4.78 is 1.02. The number of anilines is 3. The highest BCUT2D eigenvalue weighted by Gasteiger charge is 2.10. The van der Waals surface area contributed by atoms with Gasteiger partial charge in [0.1, 0.15) is 6.07 Å².